The smallest absolute Gasteiger partial charge is 0.142 e. The number of aromatic nitrogens is 2. The molecule has 0 unspecified atom stereocenters. The van der Waals surface area contributed by atoms with Crippen molar-refractivity contribution < 1.29 is 4.74 Å². The van der Waals surface area contributed by atoms with Crippen LogP contribution >= 0.6 is 11.8 Å². The molecule has 0 radical (unpaired) electrons. The number of rotatable bonds is 5. The molecule has 88 valence electrons. The summed E-state index contributed by atoms with van der Waals surface area (Å²) in [6.07, 6.45) is 3.27. The fourth-order valence-electron chi connectivity index (χ4n) is 1.27. The quantitative estimate of drug-likeness (QED) is 0.380. The van der Waals surface area contributed by atoms with Gasteiger partial charge in [-0.1, -0.05) is 12.1 Å². The molecule has 0 bridgehead atoms. The maximum atomic E-state index is 5.76. The summed E-state index contributed by atoms with van der Waals surface area (Å²) in [5.74, 6) is 1.56. The maximum absolute atomic E-state index is 5.76. The third-order valence-corrected chi connectivity index (χ3v) is 2.97. The van der Waals surface area contributed by atoms with E-state index in [1.54, 1.807) is 24.3 Å². The zero-order chi connectivity index (χ0) is 11.9. The van der Waals surface area contributed by atoms with Crippen LogP contribution in [-0.2, 0) is 0 Å². The van der Waals surface area contributed by atoms with Gasteiger partial charge in [-0.3, -0.25) is 0 Å². The molecule has 0 aliphatic carbocycles. The Balaban J connectivity index is 1.76. The summed E-state index contributed by atoms with van der Waals surface area (Å²) < 4.78 is 5.57. The highest BCUT2D eigenvalue weighted by Gasteiger charge is 1.99. The summed E-state index contributed by atoms with van der Waals surface area (Å²) in [5.41, 5.74) is 6.43. The number of ether oxygens (including phenoxy) is 1. The van der Waals surface area contributed by atoms with E-state index in [1.165, 1.54) is 0 Å². The van der Waals surface area contributed by atoms with Crippen LogP contribution in [-0.4, -0.2) is 22.3 Å². The van der Waals surface area contributed by atoms with Crippen LogP contribution in [0.15, 0.2) is 47.9 Å². The van der Waals surface area contributed by atoms with Gasteiger partial charge in [-0.15, -0.1) is 11.8 Å². The number of thioether (sulfide) groups is 1. The van der Waals surface area contributed by atoms with Crippen molar-refractivity contribution in [2.75, 3.05) is 18.1 Å². The number of nitrogens with zero attached hydrogens (tertiary/aromatic N) is 2. The predicted octanol–water partition coefficient (Wildman–Crippen LogP) is 2.23. The van der Waals surface area contributed by atoms with E-state index in [1.807, 2.05) is 30.3 Å². The first kappa shape index (κ1) is 11.7. The first-order valence-corrected chi connectivity index (χ1v) is 6.21. The van der Waals surface area contributed by atoms with Gasteiger partial charge in [0.05, 0.1) is 17.3 Å². The Morgan fingerprint density at radius 1 is 1.24 bits per heavy atom. The largest absolute Gasteiger partial charge is 0.491 e. The lowest BCUT2D eigenvalue weighted by atomic mass is 10.3. The standard InChI is InChI=1S/C12H13N3OS/c13-10-3-1-2-4-11(10)16-7-8-17-12-5-6-14-9-15-12/h1-6,9H,7-8,13H2. The molecule has 1 aromatic carbocycles. The minimum absolute atomic E-state index is 0.600. The fraction of sp³-hybridized carbons (Fsp3) is 0.167. The number of anilines is 1. The van der Waals surface area contributed by atoms with Crippen LogP contribution < -0.4 is 10.5 Å². The average Bonchev–Trinajstić information content (AvgIpc) is 2.38. The summed E-state index contributed by atoms with van der Waals surface area (Å²) >= 11 is 1.63. The second kappa shape index (κ2) is 6.10. The number of para-hydroxylation sites is 2. The molecule has 5 heteroatoms. The molecule has 1 aromatic heterocycles. The molecule has 0 amide bonds. The number of nitrogens with two attached hydrogens (primary N) is 1. The highest BCUT2D eigenvalue weighted by molar-refractivity contribution is 7.99. The number of nitrogen functional groups attached to an aromatic ring is 1. The van der Waals surface area contributed by atoms with Gasteiger partial charge in [0.2, 0.25) is 0 Å². The van der Waals surface area contributed by atoms with E-state index in [9.17, 15) is 0 Å². The maximum Gasteiger partial charge on any atom is 0.142 e. The van der Waals surface area contributed by atoms with Gasteiger partial charge in [0.15, 0.2) is 0 Å². The van der Waals surface area contributed by atoms with Crippen molar-refractivity contribution in [3.63, 3.8) is 0 Å². The Kier molecular flexibility index (Phi) is 4.21. The number of hydrogen-bond acceptors (Lipinski definition) is 5. The Morgan fingerprint density at radius 3 is 2.88 bits per heavy atom. The van der Waals surface area contributed by atoms with Gasteiger partial charge in [0.25, 0.3) is 0 Å². The summed E-state index contributed by atoms with van der Waals surface area (Å²) in [7, 11) is 0. The average molecular weight is 247 g/mol. The molecule has 0 aliphatic heterocycles. The van der Waals surface area contributed by atoms with Crippen LogP contribution in [0.2, 0.25) is 0 Å². The van der Waals surface area contributed by atoms with Crippen LogP contribution in [0, 0.1) is 0 Å². The SMILES string of the molecule is Nc1ccccc1OCCSc1ccncn1. The predicted molar refractivity (Wildman–Crippen MR) is 69.1 cm³/mol. The third-order valence-electron chi connectivity index (χ3n) is 2.06. The molecule has 17 heavy (non-hydrogen) atoms. The van der Waals surface area contributed by atoms with Gasteiger partial charge in [0, 0.05) is 11.9 Å². The van der Waals surface area contributed by atoms with Crippen molar-refractivity contribution in [1.82, 2.24) is 9.97 Å². The third kappa shape index (κ3) is 3.64. The van der Waals surface area contributed by atoms with Crippen LogP contribution in [0.3, 0.4) is 0 Å². The van der Waals surface area contributed by atoms with E-state index in [2.05, 4.69) is 9.97 Å². The van der Waals surface area contributed by atoms with Gasteiger partial charge in [0.1, 0.15) is 12.1 Å². The van der Waals surface area contributed by atoms with Crippen molar-refractivity contribution in [3.8, 4) is 5.75 Å². The summed E-state index contributed by atoms with van der Waals surface area (Å²) in [6.45, 7) is 0.600. The molecule has 1 heterocycles. The lowest BCUT2D eigenvalue weighted by Crippen LogP contribution is -2.02. The van der Waals surface area contributed by atoms with Crippen LogP contribution in [0.5, 0.6) is 5.75 Å². The Bertz CT molecular complexity index is 464. The topological polar surface area (TPSA) is 61.0 Å². The molecule has 0 atom stereocenters. The van der Waals surface area contributed by atoms with Crippen LogP contribution in [0.4, 0.5) is 5.69 Å². The monoisotopic (exact) mass is 247 g/mol. The minimum Gasteiger partial charge on any atom is -0.491 e. The minimum atomic E-state index is 0.600. The fourth-order valence-corrected chi connectivity index (χ4v) is 1.93. The summed E-state index contributed by atoms with van der Waals surface area (Å²) in [6, 6.07) is 9.36. The second-order valence-corrected chi connectivity index (χ2v) is 4.40. The highest BCUT2D eigenvalue weighted by Crippen LogP contribution is 2.20. The first-order chi connectivity index (χ1) is 8.36. The van der Waals surface area contributed by atoms with Crippen molar-refractivity contribution in [2.45, 2.75) is 5.03 Å². The zero-order valence-corrected chi connectivity index (χ0v) is 10.1. The van der Waals surface area contributed by atoms with Gasteiger partial charge in [-0.2, -0.15) is 0 Å². The molecule has 2 N–H and O–H groups in total. The molecular formula is C12H13N3OS. The van der Waals surface area contributed by atoms with Crippen LogP contribution in [0.25, 0.3) is 0 Å². The first-order valence-electron chi connectivity index (χ1n) is 5.22. The lowest BCUT2D eigenvalue weighted by molar-refractivity contribution is 0.346. The molecule has 2 aromatic rings. The Labute approximate surface area is 104 Å². The van der Waals surface area contributed by atoms with Crippen molar-refractivity contribution >= 4 is 17.4 Å². The molecule has 4 nitrogen and oxygen atoms in total. The lowest BCUT2D eigenvalue weighted by Gasteiger charge is -2.07. The molecule has 0 saturated heterocycles. The van der Waals surface area contributed by atoms with E-state index < -0.39 is 0 Å². The molecular weight excluding hydrogens is 234 g/mol. The van der Waals surface area contributed by atoms with Crippen molar-refractivity contribution in [2.24, 2.45) is 0 Å². The molecule has 2 rings (SSSR count). The molecule has 0 aliphatic rings. The Morgan fingerprint density at radius 2 is 2.12 bits per heavy atom. The highest BCUT2D eigenvalue weighted by atomic mass is 32.2. The summed E-state index contributed by atoms with van der Waals surface area (Å²) in [5, 5.41) is 0.949. The van der Waals surface area contributed by atoms with Gasteiger partial charge < -0.3 is 10.5 Å². The molecule has 0 saturated carbocycles. The second-order valence-electron chi connectivity index (χ2n) is 3.28. The van der Waals surface area contributed by atoms with Gasteiger partial charge in [-0.05, 0) is 18.2 Å². The van der Waals surface area contributed by atoms with E-state index in [0.29, 0.717) is 12.3 Å². The van der Waals surface area contributed by atoms with Crippen molar-refractivity contribution in [3.05, 3.63) is 42.9 Å². The number of hydrogen-bond donors (Lipinski definition) is 1. The molecule has 0 fully saturated rings. The number of benzene rings is 1. The van der Waals surface area contributed by atoms with Gasteiger partial charge >= 0.3 is 0 Å². The zero-order valence-electron chi connectivity index (χ0n) is 9.24. The Hall–Kier alpha value is -1.75. The van der Waals surface area contributed by atoms with E-state index in [0.717, 1.165) is 16.5 Å². The van der Waals surface area contributed by atoms with Gasteiger partial charge in [-0.25, -0.2) is 9.97 Å². The van der Waals surface area contributed by atoms with Crippen LogP contribution in [0.1, 0.15) is 0 Å². The normalized spacial score (nSPS) is 10.1. The summed E-state index contributed by atoms with van der Waals surface area (Å²) in [4.78, 5) is 7.97. The van der Waals surface area contributed by atoms with Crippen molar-refractivity contribution in [1.29, 1.82) is 0 Å². The van der Waals surface area contributed by atoms with E-state index in [4.69, 9.17) is 10.5 Å². The molecule has 0 spiro atoms. The van der Waals surface area contributed by atoms with E-state index in [-0.39, 0.29) is 0 Å². The van der Waals surface area contributed by atoms with E-state index >= 15 is 0 Å².